The summed E-state index contributed by atoms with van der Waals surface area (Å²) in [6, 6.07) is 18.3. The monoisotopic (exact) mass is 628 g/mol. The highest BCUT2D eigenvalue weighted by molar-refractivity contribution is 8.16. The van der Waals surface area contributed by atoms with Crippen molar-refractivity contribution in [2.75, 3.05) is 19.6 Å². The Labute approximate surface area is 271 Å². The van der Waals surface area contributed by atoms with E-state index in [9.17, 15) is 9.59 Å². The van der Waals surface area contributed by atoms with E-state index in [2.05, 4.69) is 50.0 Å². The number of carbonyl (C=O) groups excluding carboxylic acids is 2. The first-order valence-corrected chi connectivity index (χ1v) is 16.8. The molecule has 7 nitrogen and oxygen atoms in total. The standard InChI is InChI=1S/C37H44N2O5S/c1-24-25(2)33-31(26(3)32(24)42-22-27-11-7-6-8-12-27)16-17-36(4,44-33)23-39-18-10-15-30(21-39)43-29-14-9-13-28(19-29)20-37(5)34(40)38-35(41)45-37/h6-9,11-14,19,30H,10,15-18,20-23H2,1-5H3,(H,38,40,41). The highest BCUT2D eigenvalue weighted by Crippen LogP contribution is 2.44. The van der Waals surface area contributed by atoms with Gasteiger partial charge in [0.15, 0.2) is 0 Å². The van der Waals surface area contributed by atoms with Crippen molar-refractivity contribution in [2.45, 2.75) is 89.8 Å². The predicted molar refractivity (Wildman–Crippen MR) is 179 cm³/mol. The normalized spacial score (nSPS) is 25.0. The van der Waals surface area contributed by atoms with Gasteiger partial charge < -0.3 is 14.2 Å². The van der Waals surface area contributed by atoms with Crippen LogP contribution >= 0.6 is 11.8 Å². The quantitative estimate of drug-likeness (QED) is 0.271. The fourth-order valence-corrected chi connectivity index (χ4v) is 7.93. The Kier molecular flexibility index (Phi) is 8.90. The number of fused-ring (bicyclic) bond motifs is 1. The number of hydrogen-bond donors (Lipinski definition) is 1. The average molecular weight is 629 g/mol. The first-order valence-electron chi connectivity index (χ1n) is 16.0. The Bertz CT molecular complexity index is 1590. The lowest BCUT2D eigenvalue weighted by Gasteiger charge is -2.43. The van der Waals surface area contributed by atoms with Crippen LogP contribution in [0.25, 0.3) is 0 Å². The third kappa shape index (κ3) is 6.87. The van der Waals surface area contributed by atoms with Gasteiger partial charge in [0.25, 0.3) is 5.24 Å². The third-order valence-corrected chi connectivity index (χ3v) is 10.6. The third-order valence-electron chi connectivity index (χ3n) is 9.57. The first kappa shape index (κ1) is 31.5. The van der Waals surface area contributed by atoms with Crippen LogP contribution in [0.5, 0.6) is 17.2 Å². The lowest BCUT2D eigenvalue weighted by molar-refractivity contribution is -0.121. The Balaban J connectivity index is 1.09. The number of carbonyl (C=O) groups is 2. The van der Waals surface area contributed by atoms with E-state index in [-0.39, 0.29) is 22.9 Å². The Morgan fingerprint density at radius 3 is 2.53 bits per heavy atom. The van der Waals surface area contributed by atoms with Crippen LogP contribution in [-0.4, -0.2) is 52.1 Å². The highest BCUT2D eigenvalue weighted by atomic mass is 32.2. The molecule has 0 radical (unpaired) electrons. The summed E-state index contributed by atoms with van der Waals surface area (Å²) in [5.74, 6) is 2.58. The molecule has 2 saturated heterocycles. The molecule has 3 aliphatic rings. The van der Waals surface area contributed by atoms with Gasteiger partial charge in [-0.15, -0.1) is 0 Å². The lowest BCUT2D eigenvalue weighted by Crippen LogP contribution is -2.51. The molecule has 8 heteroatoms. The van der Waals surface area contributed by atoms with Crippen molar-refractivity contribution in [3.05, 3.63) is 88.0 Å². The predicted octanol–water partition coefficient (Wildman–Crippen LogP) is 7.10. The van der Waals surface area contributed by atoms with Crippen molar-refractivity contribution >= 4 is 22.9 Å². The first-order chi connectivity index (χ1) is 21.5. The van der Waals surface area contributed by atoms with E-state index in [1.54, 1.807) is 0 Å². The Morgan fingerprint density at radius 2 is 1.78 bits per heavy atom. The minimum atomic E-state index is -0.794. The second-order valence-corrected chi connectivity index (χ2v) is 14.8. The number of ether oxygens (including phenoxy) is 3. The van der Waals surface area contributed by atoms with Crippen LogP contribution in [0.2, 0.25) is 0 Å². The zero-order chi connectivity index (χ0) is 31.8. The molecule has 3 aliphatic heterocycles. The van der Waals surface area contributed by atoms with E-state index < -0.39 is 4.75 Å². The van der Waals surface area contributed by atoms with Gasteiger partial charge in [-0.1, -0.05) is 42.5 Å². The number of nitrogens with one attached hydrogen (secondary N) is 1. The topological polar surface area (TPSA) is 77.1 Å². The molecule has 2 amide bonds. The molecule has 3 aromatic carbocycles. The van der Waals surface area contributed by atoms with Gasteiger partial charge in [0, 0.05) is 18.7 Å². The summed E-state index contributed by atoms with van der Waals surface area (Å²) in [4.78, 5) is 26.6. The summed E-state index contributed by atoms with van der Waals surface area (Å²) in [5.41, 5.74) is 6.62. The van der Waals surface area contributed by atoms with Gasteiger partial charge in [-0.05, 0) is 125 Å². The molecule has 0 aromatic heterocycles. The van der Waals surface area contributed by atoms with E-state index in [1.165, 1.54) is 11.1 Å². The second kappa shape index (κ2) is 12.7. The number of thioether (sulfide) groups is 1. The maximum absolute atomic E-state index is 12.3. The summed E-state index contributed by atoms with van der Waals surface area (Å²) in [5, 5.41) is 2.13. The van der Waals surface area contributed by atoms with Crippen molar-refractivity contribution < 1.29 is 23.8 Å². The van der Waals surface area contributed by atoms with Crippen LogP contribution < -0.4 is 19.5 Å². The molecule has 0 aliphatic carbocycles. The van der Waals surface area contributed by atoms with Crippen LogP contribution in [0.15, 0.2) is 54.6 Å². The van der Waals surface area contributed by atoms with Crippen molar-refractivity contribution in [2.24, 2.45) is 0 Å². The van der Waals surface area contributed by atoms with Crippen molar-refractivity contribution in [1.82, 2.24) is 10.2 Å². The van der Waals surface area contributed by atoms with Gasteiger partial charge in [0.05, 0.1) is 0 Å². The number of hydrogen-bond acceptors (Lipinski definition) is 7. The number of benzene rings is 3. The molecule has 3 aromatic rings. The Morgan fingerprint density at radius 1 is 1.00 bits per heavy atom. The van der Waals surface area contributed by atoms with Crippen LogP contribution in [-0.2, 0) is 24.2 Å². The van der Waals surface area contributed by atoms with Gasteiger partial charge in [0.1, 0.15) is 40.3 Å². The van der Waals surface area contributed by atoms with E-state index in [0.717, 1.165) is 96.6 Å². The van der Waals surface area contributed by atoms with Crippen molar-refractivity contribution in [1.29, 1.82) is 0 Å². The van der Waals surface area contributed by atoms with Crippen molar-refractivity contribution in [3.8, 4) is 17.2 Å². The van der Waals surface area contributed by atoms with Crippen LogP contribution in [0, 0.1) is 20.8 Å². The number of imide groups is 1. The Hall–Kier alpha value is -3.49. The average Bonchev–Trinajstić information content (AvgIpc) is 3.26. The maximum Gasteiger partial charge on any atom is 0.286 e. The fourth-order valence-electron chi connectivity index (χ4n) is 6.99. The van der Waals surface area contributed by atoms with Gasteiger partial charge in [-0.3, -0.25) is 19.8 Å². The van der Waals surface area contributed by atoms with Gasteiger partial charge in [0.2, 0.25) is 5.91 Å². The molecule has 45 heavy (non-hydrogen) atoms. The van der Waals surface area contributed by atoms with Crippen molar-refractivity contribution in [3.63, 3.8) is 0 Å². The molecule has 6 rings (SSSR count). The fraction of sp³-hybridized carbons (Fsp3) is 0.459. The molecule has 0 saturated carbocycles. The molecule has 238 valence electrons. The number of piperidine rings is 1. The minimum absolute atomic E-state index is 0.0744. The van der Waals surface area contributed by atoms with Gasteiger partial charge in [-0.25, -0.2) is 0 Å². The largest absolute Gasteiger partial charge is 0.489 e. The van der Waals surface area contributed by atoms with Gasteiger partial charge in [-0.2, -0.15) is 0 Å². The number of likely N-dealkylation sites (tertiary alicyclic amines) is 1. The van der Waals surface area contributed by atoms with E-state index >= 15 is 0 Å². The maximum atomic E-state index is 12.3. The molecule has 2 fully saturated rings. The molecule has 0 bridgehead atoms. The molecule has 3 atom stereocenters. The zero-order valence-electron chi connectivity index (χ0n) is 27.0. The molecular formula is C37H44N2O5S. The van der Waals surface area contributed by atoms with E-state index in [1.807, 2.05) is 49.4 Å². The number of rotatable bonds is 9. The minimum Gasteiger partial charge on any atom is -0.489 e. The second-order valence-electron chi connectivity index (χ2n) is 13.4. The molecular weight excluding hydrogens is 584 g/mol. The number of nitrogens with zero attached hydrogens (tertiary/aromatic N) is 1. The molecule has 3 unspecified atom stereocenters. The van der Waals surface area contributed by atoms with E-state index in [4.69, 9.17) is 14.2 Å². The lowest BCUT2D eigenvalue weighted by atomic mass is 9.86. The zero-order valence-corrected chi connectivity index (χ0v) is 27.9. The summed E-state index contributed by atoms with van der Waals surface area (Å²) in [6.07, 6.45) is 4.51. The SMILES string of the molecule is Cc1c(C)c2c(c(C)c1OCc1ccccc1)CCC(C)(CN1CCCC(Oc3cccc(CC4(C)SC(=O)NC4=O)c3)C1)O2. The van der Waals surface area contributed by atoms with Gasteiger partial charge >= 0.3 is 0 Å². The van der Waals surface area contributed by atoms with Crippen LogP contribution in [0.3, 0.4) is 0 Å². The molecule has 0 spiro atoms. The van der Waals surface area contributed by atoms with Crippen LogP contribution in [0.4, 0.5) is 4.79 Å². The van der Waals surface area contributed by atoms with E-state index in [0.29, 0.717) is 13.0 Å². The molecule has 3 heterocycles. The summed E-state index contributed by atoms with van der Waals surface area (Å²) < 4.78 is 19.0. The van der Waals surface area contributed by atoms with Crippen LogP contribution in [0.1, 0.15) is 66.5 Å². The summed E-state index contributed by atoms with van der Waals surface area (Å²) in [6.45, 7) is 13.8. The smallest absolute Gasteiger partial charge is 0.286 e. The number of amides is 2. The molecule has 1 N–H and O–H groups in total. The highest BCUT2D eigenvalue weighted by Gasteiger charge is 2.44. The summed E-state index contributed by atoms with van der Waals surface area (Å²) >= 11 is 1.06. The summed E-state index contributed by atoms with van der Waals surface area (Å²) in [7, 11) is 0.